The van der Waals surface area contributed by atoms with Crippen molar-refractivity contribution in [2.24, 2.45) is 0 Å². The molecule has 0 fully saturated rings. The van der Waals surface area contributed by atoms with E-state index in [1.54, 1.807) is 12.1 Å². The number of methoxy groups -OCH3 is 1. The predicted molar refractivity (Wildman–Crippen MR) is 76.3 cm³/mol. The molecule has 2 aromatic rings. The Bertz CT molecular complexity index is 645. The largest absolute Gasteiger partial charge is 0.496 e. The molecule has 1 aromatic heterocycles. The van der Waals surface area contributed by atoms with Gasteiger partial charge in [0, 0.05) is 17.8 Å². The molecule has 0 saturated heterocycles. The Labute approximate surface area is 117 Å². The van der Waals surface area contributed by atoms with Crippen LogP contribution in [0.1, 0.15) is 35.8 Å². The van der Waals surface area contributed by atoms with E-state index in [2.05, 4.69) is 5.10 Å². The summed E-state index contributed by atoms with van der Waals surface area (Å²) in [5, 5.41) is 13.7. The van der Waals surface area contributed by atoms with Crippen LogP contribution in [0, 0.1) is 6.92 Å². The Morgan fingerprint density at radius 3 is 2.60 bits per heavy atom. The minimum absolute atomic E-state index is 0.146. The van der Waals surface area contributed by atoms with Crippen molar-refractivity contribution in [3.63, 3.8) is 0 Å². The zero-order valence-electron chi connectivity index (χ0n) is 12.0. The standard InChI is InChI=1S/C15H18N2O3/c1-9(2)17-6-5-13(16-17)11-8-12(15(18)19)14(20-4)7-10(11)3/h5-9H,1-4H3,(H,18,19). The van der Waals surface area contributed by atoms with Crippen molar-refractivity contribution in [2.45, 2.75) is 26.8 Å². The van der Waals surface area contributed by atoms with E-state index in [9.17, 15) is 9.90 Å². The summed E-state index contributed by atoms with van der Waals surface area (Å²) in [4.78, 5) is 11.3. The number of hydrogen-bond acceptors (Lipinski definition) is 3. The van der Waals surface area contributed by atoms with E-state index >= 15 is 0 Å². The molecule has 0 aliphatic carbocycles. The third-order valence-corrected chi connectivity index (χ3v) is 3.19. The Morgan fingerprint density at radius 1 is 1.40 bits per heavy atom. The molecular formula is C15H18N2O3. The summed E-state index contributed by atoms with van der Waals surface area (Å²) in [5.41, 5.74) is 2.65. The Hall–Kier alpha value is -2.30. The molecule has 0 aliphatic heterocycles. The summed E-state index contributed by atoms with van der Waals surface area (Å²) >= 11 is 0. The van der Waals surface area contributed by atoms with E-state index in [0.29, 0.717) is 5.75 Å². The Kier molecular flexibility index (Phi) is 3.79. The van der Waals surface area contributed by atoms with Crippen LogP contribution in [0.25, 0.3) is 11.3 Å². The maximum atomic E-state index is 11.3. The van der Waals surface area contributed by atoms with Gasteiger partial charge in [0.05, 0.1) is 12.8 Å². The van der Waals surface area contributed by atoms with E-state index in [4.69, 9.17) is 4.74 Å². The van der Waals surface area contributed by atoms with Crippen LogP contribution in [0.2, 0.25) is 0 Å². The van der Waals surface area contributed by atoms with Gasteiger partial charge in [-0.15, -0.1) is 0 Å². The van der Waals surface area contributed by atoms with Crippen molar-refractivity contribution in [1.82, 2.24) is 9.78 Å². The highest BCUT2D eigenvalue weighted by Gasteiger charge is 2.16. The third-order valence-electron chi connectivity index (χ3n) is 3.19. The molecular weight excluding hydrogens is 256 g/mol. The Morgan fingerprint density at radius 2 is 2.10 bits per heavy atom. The average Bonchev–Trinajstić information content (AvgIpc) is 2.87. The molecule has 5 nitrogen and oxygen atoms in total. The van der Waals surface area contributed by atoms with Gasteiger partial charge in [0.1, 0.15) is 11.3 Å². The second kappa shape index (κ2) is 5.36. The summed E-state index contributed by atoms with van der Waals surface area (Å²) in [5.74, 6) is -0.645. The molecule has 0 saturated carbocycles. The lowest BCUT2D eigenvalue weighted by Gasteiger charge is -2.10. The van der Waals surface area contributed by atoms with Gasteiger partial charge in [-0.2, -0.15) is 5.10 Å². The summed E-state index contributed by atoms with van der Waals surface area (Å²) in [6.07, 6.45) is 1.89. The van der Waals surface area contributed by atoms with E-state index in [1.165, 1.54) is 7.11 Å². The second-order valence-electron chi connectivity index (χ2n) is 4.95. The summed E-state index contributed by atoms with van der Waals surface area (Å²) in [6, 6.07) is 5.50. The molecule has 0 bridgehead atoms. The summed E-state index contributed by atoms with van der Waals surface area (Å²) in [7, 11) is 1.47. The number of nitrogens with zero attached hydrogens (tertiary/aromatic N) is 2. The fraction of sp³-hybridized carbons (Fsp3) is 0.333. The van der Waals surface area contributed by atoms with Crippen molar-refractivity contribution in [1.29, 1.82) is 0 Å². The van der Waals surface area contributed by atoms with Crippen molar-refractivity contribution in [3.8, 4) is 17.0 Å². The summed E-state index contributed by atoms with van der Waals surface area (Å²) < 4.78 is 6.96. The van der Waals surface area contributed by atoms with Gasteiger partial charge in [-0.3, -0.25) is 4.68 Å². The molecule has 1 heterocycles. The first-order chi connectivity index (χ1) is 9.43. The molecule has 0 unspecified atom stereocenters. The number of benzene rings is 1. The monoisotopic (exact) mass is 274 g/mol. The van der Waals surface area contributed by atoms with Crippen molar-refractivity contribution in [3.05, 3.63) is 35.5 Å². The topological polar surface area (TPSA) is 64.4 Å². The van der Waals surface area contributed by atoms with Crippen molar-refractivity contribution >= 4 is 5.97 Å². The maximum absolute atomic E-state index is 11.3. The zero-order valence-corrected chi connectivity index (χ0v) is 12.0. The molecule has 0 aliphatic rings. The van der Waals surface area contributed by atoms with Crippen LogP contribution in [0.4, 0.5) is 0 Å². The number of aromatic nitrogens is 2. The van der Waals surface area contributed by atoms with Gasteiger partial charge in [0.2, 0.25) is 0 Å². The number of ether oxygens (including phenoxy) is 1. The normalized spacial score (nSPS) is 10.8. The highest BCUT2D eigenvalue weighted by atomic mass is 16.5. The van der Waals surface area contributed by atoms with Gasteiger partial charge in [-0.05, 0) is 44.5 Å². The van der Waals surface area contributed by atoms with Crippen LogP contribution in [-0.2, 0) is 0 Å². The fourth-order valence-electron chi connectivity index (χ4n) is 2.06. The minimum atomic E-state index is -1.01. The van der Waals surface area contributed by atoms with Crippen LogP contribution in [0.15, 0.2) is 24.4 Å². The van der Waals surface area contributed by atoms with Gasteiger partial charge in [-0.25, -0.2) is 4.79 Å². The van der Waals surface area contributed by atoms with Crippen LogP contribution in [-0.4, -0.2) is 28.0 Å². The van der Waals surface area contributed by atoms with E-state index in [-0.39, 0.29) is 11.6 Å². The first-order valence-electron chi connectivity index (χ1n) is 6.41. The van der Waals surface area contributed by atoms with Gasteiger partial charge in [-0.1, -0.05) is 0 Å². The highest BCUT2D eigenvalue weighted by molar-refractivity contribution is 5.93. The van der Waals surface area contributed by atoms with Gasteiger partial charge in [0.25, 0.3) is 0 Å². The second-order valence-corrected chi connectivity index (χ2v) is 4.95. The average molecular weight is 274 g/mol. The first-order valence-corrected chi connectivity index (χ1v) is 6.41. The molecule has 0 radical (unpaired) electrons. The zero-order chi connectivity index (χ0) is 14.9. The van der Waals surface area contributed by atoms with Crippen molar-refractivity contribution < 1.29 is 14.6 Å². The fourth-order valence-corrected chi connectivity index (χ4v) is 2.06. The van der Waals surface area contributed by atoms with Gasteiger partial charge >= 0.3 is 5.97 Å². The van der Waals surface area contributed by atoms with E-state index in [0.717, 1.165) is 16.8 Å². The molecule has 20 heavy (non-hydrogen) atoms. The molecule has 0 amide bonds. The number of rotatable bonds is 4. The highest BCUT2D eigenvalue weighted by Crippen LogP contribution is 2.30. The first kappa shape index (κ1) is 14.1. The quantitative estimate of drug-likeness (QED) is 0.930. The minimum Gasteiger partial charge on any atom is -0.496 e. The smallest absolute Gasteiger partial charge is 0.339 e. The van der Waals surface area contributed by atoms with Crippen LogP contribution >= 0.6 is 0 Å². The SMILES string of the molecule is COc1cc(C)c(-c2ccn(C(C)C)n2)cc1C(=O)O. The van der Waals surface area contributed by atoms with Crippen molar-refractivity contribution in [2.75, 3.05) is 7.11 Å². The molecule has 0 atom stereocenters. The maximum Gasteiger partial charge on any atom is 0.339 e. The molecule has 1 aromatic carbocycles. The number of aryl methyl sites for hydroxylation is 1. The number of carbonyl (C=O) groups is 1. The summed E-state index contributed by atoms with van der Waals surface area (Å²) in [6.45, 7) is 6.00. The number of aromatic carboxylic acids is 1. The lowest BCUT2D eigenvalue weighted by atomic mass is 10.0. The van der Waals surface area contributed by atoms with E-state index < -0.39 is 5.97 Å². The molecule has 5 heteroatoms. The van der Waals surface area contributed by atoms with Crippen LogP contribution in [0.3, 0.4) is 0 Å². The molecule has 1 N–H and O–H groups in total. The lowest BCUT2D eigenvalue weighted by Crippen LogP contribution is -2.03. The van der Waals surface area contributed by atoms with Gasteiger partial charge < -0.3 is 9.84 Å². The lowest BCUT2D eigenvalue weighted by molar-refractivity contribution is 0.0693. The van der Waals surface area contributed by atoms with E-state index in [1.807, 2.05) is 37.7 Å². The number of hydrogen-bond donors (Lipinski definition) is 1. The van der Waals surface area contributed by atoms with Crippen LogP contribution < -0.4 is 4.74 Å². The molecule has 106 valence electrons. The molecule has 2 rings (SSSR count). The van der Waals surface area contributed by atoms with Gasteiger partial charge in [0.15, 0.2) is 0 Å². The Balaban J connectivity index is 2.55. The number of carboxylic acids is 1. The third kappa shape index (κ3) is 2.52. The predicted octanol–water partition coefficient (Wildman–Crippen LogP) is 3.15. The van der Waals surface area contributed by atoms with Crippen LogP contribution in [0.5, 0.6) is 5.75 Å². The molecule has 0 spiro atoms. The number of carboxylic acid groups (broad SMARTS) is 1.